The summed E-state index contributed by atoms with van der Waals surface area (Å²) in [7, 11) is -3.31. The Bertz CT molecular complexity index is 864. The highest BCUT2D eigenvalue weighted by atomic mass is 32.2. The lowest BCUT2D eigenvalue weighted by atomic mass is 10.1. The van der Waals surface area contributed by atoms with Crippen LogP contribution in [-0.4, -0.2) is 54.8 Å². The summed E-state index contributed by atoms with van der Waals surface area (Å²) in [5, 5.41) is 6.81. The quantitative estimate of drug-likeness (QED) is 0.854. The van der Waals surface area contributed by atoms with Crippen LogP contribution in [0.25, 0.3) is 11.3 Å². The Labute approximate surface area is 145 Å². The van der Waals surface area contributed by atoms with Gasteiger partial charge in [0.1, 0.15) is 11.5 Å². The van der Waals surface area contributed by atoms with Crippen LogP contribution in [0.3, 0.4) is 0 Å². The van der Waals surface area contributed by atoms with Crippen molar-refractivity contribution in [3.63, 3.8) is 0 Å². The molecular formula is C16H19FN4O3S. The van der Waals surface area contributed by atoms with E-state index >= 15 is 0 Å². The molecule has 1 aromatic carbocycles. The number of aromatic nitrogens is 2. The fourth-order valence-electron chi connectivity index (χ4n) is 2.93. The molecule has 2 aromatic rings. The predicted molar refractivity (Wildman–Crippen MR) is 90.9 cm³/mol. The van der Waals surface area contributed by atoms with Crippen LogP contribution in [0, 0.1) is 5.82 Å². The Morgan fingerprint density at radius 1 is 1.36 bits per heavy atom. The van der Waals surface area contributed by atoms with E-state index in [0.29, 0.717) is 36.5 Å². The number of benzene rings is 1. The first kappa shape index (κ1) is 17.6. The van der Waals surface area contributed by atoms with Crippen molar-refractivity contribution in [3.05, 3.63) is 41.8 Å². The summed E-state index contributed by atoms with van der Waals surface area (Å²) in [5.74, 6) is -0.575. The van der Waals surface area contributed by atoms with Crippen molar-refractivity contribution in [2.24, 2.45) is 0 Å². The molecule has 3 rings (SSSR count). The minimum absolute atomic E-state index is 0.235. The molecule has 7 nitrogen and oxygen atoms in total. The number of rotatable bonds is 4. The number of halogens is 1. The summed E-state index contributed by atoms with van der Waals surface area (Å²) in [6.45, 7) is 0.877. The molecule has 1 atom stereocenters. The van der Waals surface area contributed by atoms with Gasteiger partial charge in [-0.2, -0.15) is 5.10 Å². The van der Waals surface area contributed by atoms with E-state index in [1.807, 2.05) is 0 Å². The monoisotopic (exact) mass is 366 g/mol. The first-order valence-corrected chi connectivity index (χ1v) is 9.79. The molecule has 1 saturated heterocycles. The Morgan fingerprint density at radius 3 is 2.76 bits per heavy atom. The molecule has 0 saturated carbocycles. The third-order valence-corrected chi connectivity index (χ3v) is 4.80. The molecular weight excluding hydrogens is 347 g/mol. The van der Waals surface area contributed by atoms with Crippen LogP contribution >= 0.6 is 0 Å². The fraction of sp³-hybridized carbons (Fsp3) is 0.375. The summed E-state index contributed by atoms with van der Waals surface area (Å²) >= 11 is 0. The maximum atomic E-state index is 13.0. The van der Waals surface area contributed by atoms with Crippen molar-refractivity contribution in [2.45, 2.75) is 18.9 Å². The van der Waals surface area contributed by atoms with E-state index < -0.39 is 10.0 Å². The molecule has 1 fully saturated rings. The number of nitrogens with one attached hydrogen (secondary N) is 2. The maximum Gasteiger partial charge on any atom is 0.271 e. The zero-order chi connectivity index (χ0) is 18.0. The molecule has 0 spiro atoms. The summed E-state index contributed by atoms with van der Waals surface area (Å²) in [6, 6.07) is 7.17. The van der Waals surface area contributed by atoms with Crippen molar-refractivity contribution >= 4 is 15.9 Å². The molecule has 9 heteroatoms. The number of nitrogens with zero attached hydrogens (tertiary/aromatic N) is 2. The van der Waals surface area contributed by atoms with Crippen molar-refractivity contribution in [1.29, 1.82) is 0 Å². The molecule has 134 valence electrons. The Kier molecular flexibility index (Phi) is 4.87. The average Bonchev–Trinajstić information content (AvgIpc) is 3.03. The Morgan fingerprint density at radius 2 is 2.08 bits per heavy atom. The van der Waals surface area contributed by atoms with E-state index in [2.05, 4.69) is 14.9 Å². The topological polar surface area (TPSA) is 95.2 Å². The lowest BCUT2D eigenvalue weighted by Gasteiger charge is -2.32. The maximum absolute atomic E-state index is 13.0. The van der Waals surface area contributed by atoms with Gasteiger partial charge in [-0.15, -0.1) is 0 Å². The molecule has 1 aliphatic heterocycles. The Balaban J connectivity index is 1.71. The lowest BCUT2D eigenvalue weighted by Crippen LogP contribution is -2.49. The predicted octanol–water partition coefficient (Wildman–Crippen LogP) is 1.37. The van der Waals surface area contributed by atoms with Gasteiger partial charge < -0.3 is 4.90 Å². The molecule has 0 bridgehead atoms. The second-order valence-electron chi connectivity index (χ2n) is 6.15. The van der Waals surface area contributed by atoms with Crippen LogP contribution in [0.5, 0.6) is 0 Å². The number of likely N-dealkylation sites (tertiary alicyclic amines) is 1. The van der Waals surface area contributed by atoms with Crippen molar-refractivity contribution < 1.29 is 17.6 Å². The number of sulfonamides is 1. The van der Waals surface area contributed by atoms with Gasteiger partial charge in [-0.3, -0.25) is 9.89 Å². The molecule has 2 N–H and O–H groups in total. The molecule has 0 radical (unpaired) electrons. The molecule has 1 amide bonds. The minimum Gasteiger partial charge on any atom is -0.336 e. The standard InChI is InChI=1S/C16H19FN4O3S/c1-25(23,24)20-13-3-2-8-21(10-13)16(22)15-9-14(18-19-15)11-4-6-12(17)7-5-11/h4-7,9,13,20H,2-3,8,10H2,1H3,(H,18,19). The third kappa shape index (κ3) is 4.43. The molecule has 2 heterocycles. The zero-order valence-electron chi connectivity index (χ0n) is 13.7. The number of carbonyl (C=O) groups excluding carboxylic acids is 1. The molecule has 0 aliphatic carbocycles. The van der Waals surface area contributed by atoms with Gasteiger partial charge in [-0.25, -0.2) is 17.5 Å². The highest BCUT2D eigenvalue weighted by Gasteiger charge is 2.27. The van der Waals surface area contributed by atoms with Crippen molar-refractivity contribution in [1.82, 2.24) is 19.8 Å². The Hall–Kier alpha value is -2.26. The zero-order valence-corrected chi connectivity index (χ0v) is 14.5. The van der Waals surface area contributed by atoms with Gasteiger partial charge >= 0.3 is 0 Å². The van der Waals surface area contributed by atoms with Gasteiger partial charge in [0, 0.05) is 24.7 Å². The van der Waals surface area contributed by atoms with Gasteiger partial charge in [0.2, 0.25) is 10.0 Å². The van der Waals surface area contributed by atoms with Crippen molar-refractivity contribution in [2.75, 3.05) is 19.3 Å². The molecule has 1 aromatic heterocycles. The minimum atomic E-state index is -3.31. The number of hydrogen-bond acceptors (Lipinski definition) is 4. The van der Waals surface area contributed by atoms with Gasteiger partial charge in [0.25, 0.3) is 5.91 Å². The first-order chi connectivity index (χ1) is 11.8. The van der Waals surface area contributed by atoms with Gasteiger partial charge in [-0.05, 0) is 43.2 Å². The van der Waals surface area contributed by atoms with Gasteiger partial charge in [0.05, 0.1) is 11.9 Å². The van der Waals surface area contributed by atoms with Gasteiger partial charge in [0.15, 0.2) is 0 Å². The molecule has 1 aliphatic rings. The van der Waals surface area contributed by atoms with Crippen LogP contribution in [0.15, 0.2) is 30.3 Å². The summed E-state index contributed by atoms with van der Waals surface area (Å²) in [4.78, 5) is 14.2. The largest absolute Gasteiger partial charge is 0.336 e. The first-order valence-electron chi connectivity index (χ1n) is 7.90. The number of carbonyl (C=O) groups is 1. The normalized spacial score (nSPS) is 18.3. The fourth-order valence-corrected chi connectivity index (χ4v) is 3.73. The number of aromatic amines is 1. The SMILES string of the molecule is CS(=O)(=O)NC1CCCN(C(=O)c2cc(-c3ccc(F)cc3)n[nH]2)C1. The third-order valence-electron chi connectivity index (χ3n) is 4.04. The summed E-state index contributed by atoms with van der Waals surface area (Å²) in [5.41, 5.74) is 1.57. The highest BCUT2D eigenvalue weighted by molar-refractivity contribution is 7.88. The summed E-state index contributed by atoms with van der Waals surface area (Å²) < 4.78 is 38.3. The second-order valence-corrected chi connectivity index (χ2v) is 7.93. The molecule has 25 heavy (non-hydrogen) atoms. The van der Waals surface area contributed by atoms with E-state index in [1.54, 1.807) is 23.1 Å². The lowest BCUT2D eigenvalue weighted by molar-refractivity contribution is 0.0697. The van der Waals surface area contributed by atoms with Crippen LogP contribution in [0.1, 0.15) is 23.3 Å². The number of hydrogen-bond donors (Lipinski definition) is 2. The average molecular weight is 366 g/mol. The van der Waals surface area contributed by atoms with E-state index in [0.717, 1.165) is 12.7 Å². The van der Waals surface area contributed by atoms with Crippen molar-refractivity contribution in [3.8, 4) is 11.3 Å². The number of H-pyrrole nitrogens is 1. The summed E-state index contributed by atoms with van der Waals surface area (Å²) in [6.07, 6.45) is 2.52. The van der Waals surface area contributed by atoms with Crippen LogP contribution in [-0.2, 0) is 10.0 Å². The highest BCUT2D eigenvalue weighted by Crippen LogP contribution is 2.20. The molecule has 1 unspecified atom stereocenters. The van der Waals surface area contributed by atoms with E-state index in [1.165, 1.54) is 12.1 Å². The van der Waals surface area contributed by atoms with Crippen LogP contribution < -0.4 is 4.72 Å². The number of amides is 1. The second kappa shape index (κ2) is 6.93. The van der Waals surface area contributed by atoms with Crippen LogP contribution in [0.4, 0.5) is 4.39 Å². The van der Waals surface area contributed by atoms with E-state index in [-0.39, 0.29) is 17.8 Å². The van der Waals surface area contributed by atoms with Crippen LogP contribution in [0.2, 0.25) is 0 Å². The smallest absolute Gasteiger partial charge is 0.271 e. The van der Waals surface area contributed by atoms with E-state index in [4.69, 9.17) is 0 Å². The van der Waals surface area contributed by atoms with Gasteiger partial charge in [-0.1, -0.05) is 0 Å². The van der Waals surface area contributed by atoms with E-state index in [9.17, 15) is 17.6 Å². The number of piperidine rings is 1.